The molecule has 0 aliphatic rings. The average molecular weight is 332 g/mol. The van der Waals surface area contributed by atoms with Crippen LogP contribution in [-0.4, -0.2) is 22.6 Å². The highest BCUT2D eigenvalue weighted by molar-refractivity contribution is 7.89. The summed E-state index contributed by atoms with van der Waals surface area (Å²) >= 11 is 0. The molecule has 0 fully saturated rings. The van der Waals surface area contributed by atoms with E-state index in [9.17, 15) is 8.42 Å². The molecule has 7 heteroatoms. The zero-order chi connectivity index (χ0) is 16.9. The number of nitrogens with one attached hydrogen (secondary N) is 1. The number of hydrogen-bond acceptors (Lipinski definition) is 5. The van der Waals surface area contributed by atoms with Crippen LogP contribution in [0.15, 0.2) is 47.4 Å². The van der Waals surface area contributed by atoms with Gasteiger partial charge in [-0.25, -0.2) is 13.1 Å². The fourth-order valence-electron chi connectivity index (χ4n) is 1.96. The van der Waals surface area contributed by atoms with E-state index in [2.05, 4.69) is 4.72 Å². The van der Waals surface area contributed by atoms with E-state index in [0.717, 1.165) is 0 Å². The summed E-state index contributed by atoms with van der Waals surface area (Å²) in [5, 5.41) is 8.86. The quantitative estimate of drug-likeness (QED) is 0.874. The number of sulfonamides is 1. The van der Waals surface area contributed by atoms with Gasteiger partial charge in [-0.3, -0.25) is 0 Å². The van der Waals surface area contributed by atoms with E-state index in [1.54, 1.807) is 24.3 Å². The molecule has 2 rings (SSSR count). The van der Waals surface area contributed by atoms with Crippen molar-refractivity contribution in [3.63, 3.8) is 0 Å². The number of rotatable bonds is 6. The molecule has 0 amide bonds. The van der Waals surface area contributed by atoms with E-state index in [1.165, 1.54) is 32.4 Å². The Balaban J connectivity index is 2.20. The monoisotopic (exact) mass is 332 g/mol. The molecule has 0 saturated heterocycles. The van der Waals surface area contributed by atoms with Gasteiger partial charge in [0.05, 0.1) is 30.7 Å². The number of ether oxygens (including phenoxy) is 2. The Morgan fingerprint density at radius 3 is 2.30 bits per heavy atom. The first-order chi connectivity index (χ1) is 11.0. The van der Waals surface area contributed by atoms with Crippen LogP contribution in [0.3, 0.4) is 0 Å². The van der Waals surface area contributed by atoms with Gasteiger partial charge in [-0.2, -0.15) is 5.26 Å². The normalized spacial score (nSPS) is 10.8. The van der Waals surface area contributed by atoms with Gasteiger partial charge >= 0.3 is 0 Å². The van der Waals surface area contributed by atoms with Crippen LogP contribution in [-0.2, 0) is 16.6 Å². The summed E-state index contributed by atoms with van der Waals surface area (Å²) in [6, 6.07) is 12.9. The molecule has 6 nitrogen and oxygen atoms in total. The summed E-state index contributed by atoms with van der Waals surface area (Å²) < 4.78 is 37.4. The SMILES string of the molecule is COc1cc(CNS(=O)(=O)c2cccc(C#N)c2)cc(OC)c1. The van der Waals surface area contributed by atoms with Crippen LogP contribution in [0.4, 0.5) is 0 Å². The standard InChI is InChI=1S/C16H16N2O4S/c1-21-14-6-13(7-15(9-14)22-2)11-18-23(19,20)16-5-3-4-12(8-16)10-17/h3-9,18H,11H2,1-2H3. The van der Waals surface area contributed by atoms with Crippen molar-refractivity contribution in [3.05, 3.63) is 53.6 Å². The first-order valence-corrected chi connectivity index (χ1v) is 8.18. The van der Waals surface area contributed by atoms with Gasteiger partial charge < -0.3 is 9.47 Å². The van der Waals surface area contributed by atoms with E-state index in [-0.39, 0.29) is 17.0 Å². The van der Waals surface area contributed by atoms with E-state index in [0.29, 0.717) is 17.1 Å². The number of nitriles is 1. The van der Waals surface area contributed by atoms with Crippen molar-refractivity contribution in [3.8, 4) is 17.6 Å². The maximum absolute atomic E-state index is 12.3. The minimum absolute atomic E-state index is 0.0476. The molecule has 0 saturated carbocycles. The molecule has 0 radical (unpaired) electrons. The summed E-state index contributed by atoms with van der Waals surface area (Å²) in [6.45, 7) is 0.0761. The van der Waals surface area contributed by atoms with Gasteiger partial charge in [0.2, 0.25) is 10.0 Å². The largest absolute Gasteiger partial charge is 0.497 e. The summed E-state index contributed by atoms with van der Waals surface area (Å²) in [7, 11) is -0.665. The van der Waals surface area contributed by atoms with Crippen molar-refractivity contribution in [2.45, 2.75) is 11.4 Å². The highest BCUT2D eigenvalue weighted by Gasteiger charge is 2.14. The first-order valence-electron chi connectivity index (χ1n) is 6.70. The Labute approximate surface area is 135 Å². The minimum atomic E-state index is -3.71. The number of nitrogens with zero attached hydrogens (tertiary/aromatic N) is 1. The van der Waals surface area contributed by atoms with E-state index in [1.807, 2.05) is 6.07 Å². The second-order valence-electron chi connectivity index (χ2n) is 4.69. The maximum Gasteiger partial charge on any atom is 0.240 e. The second-order valence-corrected chi connectivity index (χ2v) is 6.45. The van der Waals surface area contributed by atoms with Crippen molar-refractivity contribution < 1.29 is 17.9 Å². The van der Waals surface area contributed by atoms with Gasteiger partial charge in [0, 0.05) is 12.6 Å². The zero-order valence-electron chi connectivity index (χ0n) is 12.7. The third-order valence-corrected chi connectivity index (χ3v) is 4.55. The predicted octanol–water partition coefficient (Wildman–Crippen LogP) is 2.05. The molecule has 0 bridgehead atoms. The van der Waals surface area contributed by atoms with Gasteiger partial charge in [-0.15, -0.1) is 0 Å². The molecular formula is C16H16N2O4S. The number of hydrogen-bond donors (Lipinski definition) is 1. The molecular weight excluding hydrogens is 316 g/mol. The van der Waals surface area contributed by atoms with Crippen molar-refractivity contribution in [2.75, 3.05) is 14.2 Å². The summed E-state index contributed by atoms with van der Waals surface area (Å²) in [5.41, 5.74) is 0.983. The molecule has 120 valence electrons. The van der Waals surface area contributed by atoms with Crippen LogP contribution in [0.2, 0.25) is 0 Å². The lowest BCUT2D eigenvalue weighted by atomic mass is 10.2. The van der Waals surface area contributed by atoms with Crippen molar-refractivity contribution in [2.24, 2.45) is 0 Å². The van der Waals surface area contributed by atoms with Crippen molar-refractivity contribution in [1.82, 2.24) is 4.72 Å². The second kappa shape index (κ2) is 7.13. The van der Waals surface area contributed by atoms with Crippen LogP contribution in [0.25, 0.3) is 0 Å². The molecule has 0 heterocycles. The average Bonchev–Trinajstić information content (AvgIpc) is 2.59. The van der Waals surface area contributed by atoms with Gasteiger partial charge in [-0.05, 0) is 35.9 Å². The van der Waals surface area contributed by atoms with Gasteiger partial charge in [0.25, 0.3) is 0 Å². The highest BCUT2D eigenvalue weighted by Crippen LogP contribution is 2.22. The minimum Gasteiger partial charge on any atom is -0.497 e. The Morgan fingerprint density at radius 1 is 1.09 bits per heavy atom. The molecule has 0 aliphatic carbocycles. The smallest absolute Gasteiger partial charge is 0.240 e. The maximum atomic E-state index is 12.3. The molecule has 1 N–H and O–H groups in total. The molecule has 2 aromatic carbocycles. The lowest BCUT2D eigenvalue weighted by Gasteiger charge is -2.10. The molecule has 0 unspecified atom stereocenters. The van der Waals surface area contributed by atoms with E-state index in [4.69, 9.17) is 14.7 Å². The van der Waals surface area contributed by atoms with Crippen LogP contribution < -0.4 is 14.2 Å². The van der Waals surface area contributed by atoms with Gasteiger partial charge in [-0.1, -0.05) is 6.07 Å². The third kappa shape index (κ3) is 4.22. The van der Waals surface area contributed by atoms with Gasteiger partial charge in [0.15, 0.2) is 0 Å². The summed E-state index contributed by atoms with van der Waals surface area (Å²) in [4.78, 5) is 0.0476. The van der Waals surface area contributed by atoms with Crippen LogP contribution in [0.5, 0.6) is 11.5 Å². The van der Waals surface area contributed by atoms with Gasteiger partial charge in [0.1, 0.15) is 11.5 Å². The topological polar surface area (TPSA) is 88.4 Å². The molecule has 0 spiro atoms. The molecule has 0 atom stereocenters. The number of benzene rings is 2. The van der Waals surface area contributed by atoms with Crippen molar-refractivity contribution in [1.29, 1.82) is 5.26 Å². The molecule has 23 heavy (non-hydrogen) atoms. The highest BCUT2D eigenvalue weighted by atomic mass is 32.2. The molecule has 0 aromatic heterocycles. The summed E-state index contributed by atoms with van der Waals surface area (Å²) in [5.74, 6) is 1.15. The third-order valence-electron chi connectivity index (χ3n) is 3.15. The Morgan fingerprint density at radius 2 is 1.74 bits per heavy atom. The Hall–Kier alpha value is -2.56. The number of methoxy groups -OCH3 is 2. The fraction of sp³-hybridized carbons (Fsp3) is 0.188. The predicted molar refractivity (Wildman–Crippen MR) is 84.7 cm³/mol. The van der Waals surface area contributed by atoms with Crippen LogP contribution in [0, 0.1) is 11.3 Å². The van der Waals surface area contributed by atoms with E-state index < -0.39 is 10.0 Å². The summed E-state index contributed by atoms with van der Waals surface area (Å²) in [6.07, 6.45) is 0. The van der Waals surface area contributed by atoms with Crippen molar-refractivity contribution >= 4 is 10.0 Å². The fourth-order valence-corrected chi connectivity index (χ4v) is 3.03. The van der Waals surface area contributed by atoms with E-state index >= 15 is 0 Å². The molecule has 0 aliphatic heterocycles. The Bertz CT molecular complexity index is 819. The first kappa shape index (κ1) is 16.8. The molecule has 2 aromatic rings. The lowest BCUT2D eigenvalue weighted by molar-refractivity contribution is 0.393. The van der Waals surface area contributed by atoms with Crippen LogP contribution in [0.1, 0.15) is 11.1 Å². The van der Waals surface area contributed by atoms with Crippen LogP contribution >= 0.6 is 0 Å². The zero-order valence-corrected chi connectivity index (χ0v) is 13.6. The lowest BCUT2D eigenvalue weighted by Crippen LogP contribution is -2.23. The Kier molecular flexibility index (Phi) is 5.21.